The lowest BCUT2D eigenvalue weighted by Gasteiger charge is -2.10. The number of rotatable bonds is 3. The van der Waals surface area contributed by atoms with Crippen LogP contribution in [0.2, 0.25) is 0 Å². The molecule has 0 bridgehead atoms. The van der Waals surface area contributed by atoms with Crippen molar-refractivity contribution in [1.82, 2.24) is 15.1 Å². The first-order chi connectivity index (χ1) is 7.63. The van der Waals surface area contributed by atoms with Crippen LogP contribution in [-0.2, 0) is 13.5 Å². The molecule has 0 fully saturated rings. The van der Waals surface area contributed by atoms with E-state index in [0.717, 1.165) is 11.0 Å². The summed E-state index contributed by atoms with van der Waals surface area (Å²) in [7, 11) is 3.96. The summed E-state index contributed by atoms with van der Waals surface area (Å²) in [4.78, 5) is 0. The van der Waals surface area contributed by atoms with Gasteiger partial charge in [-0.2, -0.15) is 5.10 Å². The molecule has 1 atom stereocenters. The SMILES string of the molecule is CNC(C)Cc1cccc2c1c(Br)nn2C. The Labute approximate surface area is 104 Å². The molecule has 2 aromatic rings. The van der Waals surface area contributed by atoms with E-state index in [4.69, 9.17) is 0 Å². The van der Waals surface area contributed by atoms with Crippen molar-refractivity contribution in [2.75, 3.05) is 7.05 Å². The molecule has 1 unspecified atom stereocenters. The average molecular weight is 282 g/mol. The molecule has 0 aliphatic heterocycles. The summed E-state index contributed by atoms with van der Waals surface area (Å²) in [6.07, 6.45) is 1.01. The molecule has 0 spiro atoms. The fourth-order valence-electron chi connectivity index (χ4n) is 1.93. The molecule has 2 rings (SSSR count). The fraction of sp³-hybridized carbons (Fsp3) is 0.417. The van der Waals surface area contributed by atoms with Crippen LogP contribution < -0.4 is 5.32 Å². The van der Waals surface area contributed by atoms with Gasteiger partial charge < -0.3 is 5.32 Å². The second-order valence-corrected chi connectivity index (χ2v) is 4.87. The third-order valence-electron chi connectivity index (χ3n) is 2.94. The van der Waals surface area contributed by atoms with E-state index in [-0.39, 0.29) is 0 Å². The molecule has 1 aromatic heterocycles. The molecular weight excluding hydrogens is 266 g/mol. The highest BCUT2D eigenvalue weighted by atomic mass is 79.9. The van der Waals surface area contributed by atoms with Crippen molar-refractivity contribution in [2.24, 2.45) is 7.05 Å². The minimum absolute atomic E-state index is 0.470. The predicted octanol–water partition coefficient (Wildman–Crippen LogP) is 2.49. The second kappa shape index (κ2) is 4.55. The van der Waals surface area contributed by atoms with Crippen LogP contribution in [0.4, 0.5) is 0 Å². The molecule has 1 heterocycles. The highest BCUT2D eigenvalue weighted by molar-refractivity contribution is 9.10. The van der Waals surface area contributed by atoms with Gasteiger partial charge in [0.15, 0.2) is 0 Å². The number of benzene rings is 1. The quantitative estimate of drug-likeness (QED) is 0.937. The van der Waals surface area contributed by atoms with Gasteiger partial charge in [-0.25, -0.2) is 0 Å². The number of hydrogen-bond acceptors (Lipinski definition) is 2. The van der Waals surface area contributed by atoms with Gasteiger partial charge in [0.2, 0.25) is 0 Å². The first-order valence-electron chi connectivity index (χ1n) is 5.41. The highest BCUT2D eigenvalue weighted by Gasteiger charge is 2.11. The van der Waals surface area contributed by atoms with Crippen LogP contribution in [-0.4, -0.2) is 22.9 Å². The lowest BCUT2D eigenvalue weighted by Crippen LogP contribution is -2.23. The topological polar surface area (TPSA) is 29.9 Å². The van der Waals surface area contributed by atoms with Crippen molar-refractivity contribution < 1.29 is 0 Å². The molecule has 0 saturated carbocycles. The van der Waals surface area contributed by atoms with Crippen molar-refractivity contribution in [3.8, 4) is 0 Å². The Bertz CT molecular complexity index is 504. The van der Waals surface area contributed by atoms with Crippen LogP contribution in [0.25, 0.3) is 10.9 Å². The Hall–Kier alpha value is -0.870. The largest absolute Gasteiger partial charge is 0.317 e. The van der Waals surface area contributed by atoms with Gasteiger partial charge in [0.1, 0.15) is 4.60 Å². The van der Waals surface area contributed by atoms with Crippen LogP contribution in [0, 0.1) is 0 Å². The predicted molar refractivity (Wildman–Crippen MR) is 70.6 cm³/mol. The zero-order valence-corrected chi connectivity index (χ0v) is 11.4. The lowest BCUT2D eigenvalue weighted by atomic mass is 10.0. The zero-order valence-electron chi connectivity index (χ0n) is 9.79. The summed E-state index contributed by atoms with van der Waals surface area (Å²) < 4.78 is 2.84. The van der Waals surface area contributed by atoms with E-state index < -0.39 is 0 Å². The van der Waals surface area contributed by atoms with Gasteiger partial charge in [0.05, 0.1) is 5.52 Å². The molecule has 16 heavy (non-hydrogen) atoms. The standard InChI is InChI=1S/C12H16BrN3/c1-8(14-2)7-9-5-4-6-10-11(9)12(13)15-16(10)3/h4-6,8,14H,7H2,1-3H3. The lowest BCUT2D eigenvalue weighted by molar-refractivity contribution is 0.610. The van der Waals surface area contributed by atoms with E-state index >= 15 is 0 Å². The fourth-order valence-corrected chi connectivity index (χ4v) is 2.63. The molecule has 0 aliphatic rings. The zero-order chi connectivity index (χ0) is 11.7. The molecule has 0 amide bonds. The third-order valence-corrected chi connectivity index (χ3v) is 3.50. The van der Waals surface area contributed by atoms with Gasteiger partial charge in [-0.1, -0.05) is 12.1 Å². The normalized spacial score (nSPS) is 13.2. The van der Waals surface area contributed by atoms with Crippen molar-refractivity contribution >= 4 is 26.8 Å². The van der Waals surface area contributed by atoms with Gasteiger partial charge in [0, 0.05) is 18.5 Å². The number of likely N-dealkylation sites (N-methyl/N-ethyl adjacent to an activating group) is 1. The van der Waals surface area contributed by atoms with Crippen molar-refractivity contribution in [2.45, 2.75) is 19.4 Å². The van der Waals surface area contributed by atoms with Crippen LogP contribution in [0.3, 0.4) is 0 Å². The molecule has 1 N–H and O–H groups in total. The minimum Gasteiger partial charge on any atom is -0.317 e. The number of halogens is 1. The smallest absolute Gasteiger partial charge is 0.136 e. The van der Waals surface area contributed by atoms with Crippen LogP contribution >= 0.6 is 15.9 Å². The van der Waals surface area contributed by atoms with Gasteiger partial charge in [-0.3, -0.25) is 4.68 Å². The van der Waals surface area contributed by atoms with Crippen molar-refractivity contribution in [3.05, 3.63) is 28.4 Å². The van der Waals surface area contributed by atoms with Crippen LogP contribution in [0.5, 0.6) is 0 Å². The number of fused-ring (bicyclic) bond motifs is 1. The van der Waals surface area contributed by atoms with Gasteiger partial charge >= 0.3 is 0 Å². The summed E-state index contributed by atoms with van der Waals surface area (Å²) in [5.41, 5.74) is 2.51. The highest BCUT2D eigenvalue weighted by Crippen LogP contribution is 2.27. The summed E-state index contributed by atoms with van der Waals surface area (Å²) in [5.74, 6) is 0. The van der Waals surface area contributed by atoms with Crippen LogP contribution in [0.15, 0.2) is 22.8 Å². The van der Waals surface area contributed by atoms with E-state index in [2.05, 4.69) is 51.5 Å². The number of aromatic nitrogens is 2. The molecule has 86 valence electrons. The maximum atomic E-state index is 4.40. The Morgan fingerprint density at radius 2 is 2.25 bits per heavy atom. The maximum absolute atomic E-state index is 4.40. The molecule has 4 heteroatoms. The molecule has 3 nitrogen and oxygen atoms in total. The number of nitrogens with zero attached hydrogens (tertiary/aromatic N) is 2. The van der Waals surface area contributed by atoms with Crippen molar-refractivity contribution in [3.63, 3.8) is 0 Å². The number of nitrogens with one attached hydrogen (secondary N) is 1. The second-order valence-electron chi connectivity index (χ2n) is 4.12. The van der Waals surface area contributed by atoms with E-state index in [9.17, 15) is 0 Å². The van der Waals surface area contributed by atoms with Gasteiger partial charge in [-0.15, -0.1) is 0 Å². The van der Waals surface area contributed by atoms with Crippen molar-refractivity contribution in [1.29, 1.82) is 0 Å². The summed E-state index contributed by atoms with van der Waals surface area (Å²) in [6.45, 7) is 2.18. The Morgan fingerprint density at radius 3 is 2.94 bits per heavy atom. The number of aryl methyl sites for hydroxylation is 1. The first kappa shape index (κ1) is 11.6. The molecule has 0 saturated heterocycles. The van der Waals surface area contributed by atoms with E-state index in [1.54, 1.807) is 0 Å². The van der Waals surface area contributed by atoms with Gasteiger partial charge in [-0.05, 0) is 48.0 Å². The molecule has 0 aliphatic carbocycles. The number of hydrogen-bond donors (Lipinski definition) is 1. The molecular formula is C12H16BrN3. The summed E-state index contributed by atoms with van der Waals surface area (Å²) in [6, 6.07) is 6.83. The maximum Gasteiger partial charge on any atom is 0.136 e. The molecule has 0 radical (unpaired) electrons. The first-order valence-corrected chi connectivity index (χ1v) is 6.20. The average Bonchev–Trinajstić information content (AvgIpc) is 2.56. The Morgan fingerprint density at radius 1 is 1.50 bits per heavy atom. The monoisotopic (exact) mass is 281 g/mol. The summed E-state index contributed by atoms with van der Waals surface area (Å²) in [5, 5.41) is 8.89. The van der Waals surface area contributed by atoms with Gasteiger partial charge in [0.25, 0.3) is 0 Å². The summed E-state index contributed by atoms with van der Waals surface area (Å²) >= 11 is 3.53. The molecule has 1 aromatic carbocycles. The third kappa shape index (κ3) is 1.99. The van der Waals surface area contributed by atoms with E-state index in [1.807, 2.05) is 18.8 Å². The van der Waals surface area contributed by atoms with E-state index in [1.165, 1.54) is 16.5 Å². The van der Waals surface area contributed by atoms with E-state index in [0.29, 0.717) is 6.04 Å². The minimum atomic E-state index is 0.470. The van der Waals surface area contributed by atoms with Crippen LogP contribution in [0.1, 0.15) is 12.5 Å². The Kier molecular flexibility index (Phi) is 3.30. The Balaban J connectivity index is 2.53.